The molecule has 1 unspecified atom stereocenters. The highest BCUT2D eigenvalue weighted by atomic mass is 127. The zero-order chi connectivity index (χ0) is 11.9. The molecule has 0 amide bonds. The first-order valence-corrected chi connectivity index (χ1v) is 6.86. The molecule has 1 aromatic heterocycles. The molecule has 4 nitrogen and oxygen atoms in total. The van der Waals surface area contributed by atoms with Crippen molar-refractivity contribution in [2.45, 2.75) is 12.8 Å². The Morgan fingerprint density at radius 2 is 2.50 bits per heavy atom. The van der Waals surface area contributed by atoms with E-state index < -0.39 is 0 Å². The maximum Gasteiger partial charge on any atom is 0.188 e. The number of aliphatic imine (C=N–C) groups is 1. The summed E-state index contributed by atoms with van der Waals surface area (Å²) in [6.07, 6.45) is 2.10. The van der Waals surface area contributed by atoms with Gasteiger partial charge in [0, 0.05) is 30.5 Å². The van der Waals surface area contributed by atoms with Crippen LogP contribution in [0.5, 0.6) is 0 Å². The zero-order valence-corrected chi connectivity index (χ0v) is 13.4. The van der Waals surface area contributed by atoms with Gasteiger partial charge >= 0.3 is 0 Å². The first-order chi connectivity index (χ1) is 8.34. The molecule has 2 rings (SSSR count). The fraction of sp³-hybridized carbons (Fsp3) is 0.583. The summed E-state index contributed by atoms with van der Waals surface area (Å²) in [5.74, 6) is 1.10. The average Bonchev–Trinajstić information content (AvgIpc) is 2.99. The second kappa shape index (κ2) is 8.71. The van der Waals surface area contributed by atoms with Crippen LogP contribution in [0.2, 0.25) is 0 Å². The third-order valence-corrected chi connectivity index (χ3v) is 3.74. The van der Waals surface area contributed by atoms with Crippen molar-refractivity contribution >= 4 is 41.3 Å². The molecule has 1 aromatic rings. The smallest absolute Gasteiger partial charge is 0.188 e. The molecule has 1 fully saturated rings. The van der Waals surface area contributed by atoms with Crippen LogP contribution >= 0.6 is 35.3 Å². The number of rotatable bonds is 5. The number of halogens is 1. The van der Waals surface area contributed by atoms with Crippen molar-refractivity contribution in [1.82, 2.24) is 5.32 Å². The molecule has 102 valence electrons. The van der Waals surface area contributed by atoms with Gasteiger partial charge in [-0.05, 0) is 24.3 Å². The maximum atomic E-state index is 5.79. The summed E-state index contributed by atoms with van der Waals surface area (Å²) in [5, 5.41) is 5.23. The Balaban J connectivity index is 0.00000162. The van der Waals surface area contributed by atoms with E-state index in [0.29, 0.717) is 11.9 Å². The molecule has 3 N–H and O–H groups in total. The van der Waals surface area contributed by atoms with Crippen LogP contribution in [0.3, 0.4) is 0 Å². The number of nitrogens with one attached hydrogen (secondary N) is 1. The van der Waals surface area contributed by atoms with E-state index in [1.807, 2.05) is 0 Å². The van der Waals surface area contributed by atoms with Gasteiger partial charge in [0.25, 0.3) is 0 Å². The molecule has 1 aliphatic heterocycles. The molecule has 2 heterocycles. The van der Waals surface area contributed by atoms with Gasteiger partial charge in [-0.25, -0.2) is 0 Å². The van der Waals surface area contributed by atoms with Crippen LogP contribution in [0.25, 0.3) is 0 Å². The molecule has 0 aliphatic carbocycles. The molecule has 0 radical (unpaired) electrons. The van der Waals surface area contributed by atoms with Crippen molar-refractivity contribution in [1.29, 1.82) is 0 Å². The van der Waals surface area contributed by atoms with Crippen molar-refractivity contribution in [3.05, 3.63) is 22.4 Å². The summed E-state index contributed by atoms with van der Waals surface area (Å²) in [6, 6.07) is 4.20. The molecule has 0 aromatic carbocycles. The van der Waals surface area contributed by atoms with E-state index in [0.717, 1.165) is 39.1 Å². The fourth-order valence-electron chi connectivity index (χ4n) is 1.78. The highest BCUT2D eigenvalue weighted by molar-refractivity contribution is 14.0. The van der Waals surface area contributed by atoms with Crippen LogP contribution in [-0.4, -0.2) is 32.3 Å². The van der Waals surface area contributed by atoms with Crippen molar-refractivity contribution in [2.75, 3.05) is 26.3 Å². The van der Waals surface area contributed by atoms with Gasteiger partial charge in [-0.15, -0.1) is 35.3 Å². The van der Waals surface area contributed by atoms with E-state index in [2.05, 4.69) is 27.8 Å². The van der Waals surface area contributed by atoms with Crippen molar-refractivity contribution in [2.24, 2.45) is 16.6 Å². The van der Waals surface area contributed by atoms with Gasteiger partial charge in [0.2, 0.25) is 0 Å². The van der Waals surface area contributed by atoms with Crippen molar-refractivity contribution in [3.8, 4) is 0 Å². The predicted molar refractivity (Wildman–Crippen MR) is 86.9 cm³/mol. The van der Waals surface area contributed by atoms with Gasteiger partial charge in [-0.1, -0.05) is 6.07 Å². The number of hydrogen-bond donors (Lipinski definition) is 2. The summed E-state index contributed by atoms with van der Waals surface area (Å²) in [5.41, 5.74) is 5.79. The lowest BCUT2D eigenvalue weighted by Gasteiger charge is -2.06. The minimum absolute atomic E-state index is 0. The van der Waals surface area contributed by atoms with E-state index in [1.165, 1.54) is 4.88 Å². The molecule has 1 saturated heterocycles. The monoisotopic (exact) mass is 381 g/mol. The summed E-state index contributed by atoms with van der Waals surface area (Å²) < 4.78 is 5.29. The summed E-state index contributed by atoms with van der Waals surface area (Å²) >= 11 is 1.77. The standard InChI is InChI=1S/C12H19N3OS.HI/c13-12(15-8-10-4-6-16-9-10)14-5-3-11-2-1-7-17-11;/h1-2,7,10H,3-6,8-9H2,(H3,13,14,15);1H. The van der Waals surface area contributed by atoms with Gasteiger partial charge in [-0.3, -0.25) is 4.99 Å². The van der Waals surface area contributed by atoms with E-state index in [1.54, 1.807) is 11.3 Å². The SMILES string of the molecule is I.NC(=NCC1CCOC1)NCCc1cccs1. The molecular formula is C12H20IN3OS. The van der Waals surface area contributed by atoms with Gasteiger partial charge in [0.05, 0.1) is 6.61 Å². The Labute approximate surface area is 129 Å². The lowest BCUT2D eigenvalue weighted by atomic mass is 10.1. The topological polar surface area (TPSA) is 59.6 Å². The van der Waals surface area contributed by atoms with Crippen LogP contribution in [0, 0.1) is 5.92 Å². The summed E-state index contributed by atoms with van der Waals surface area (Å²) in [7, 11) is 0. The summed E-state index contributed by atoms with van der Waals surface area (Å²) in [4.78, 5) is 5.70. The lowest BCUT2D eigenvalue weighted by Crippen LogP contribution is -2.33. The predicted octanol–water partition coefficient (Wildman–Crippen LogP) is 1.85. The van der Waals surface area contributed by atoms with Crippen molar-refractivity contribution < 1.29 is 4.74 Å². The molecule has 0 bridgehead atoms. The van der Waals surface area contributed by atoms with Gasteiger partial charge in [-0.2, -0.15) is 0 Å². The number of hydrogen-bond acceptors (Lipinski definition) is 3. The average molecular weight is 381 g/mol. The first-order valence-electron chi connectivity index (χ1n) is 5.98. The molecule has 0 saturated carbocycles. The summed E-state index contributed by atoms with van der Waals surface area (Å²) in [6.45, 7) is 3.31. The number of thiophene rings is 1. The number of nitrogens with two attached hydrogens (primary N) is 1. The molecular weight excluding hydrogens is 361 g/mol. The fourth-order valence-corrected chi connectivity index (χ4v) is 2.49. The maximum absolute atomic E-state index is 5.79. The lowest BCUT2D eigenvalue weighted by molar-refractivity contribution is 0.187. The number of guanidine groups is 1. The first kappa shape index (κ1) is 15.7. The Hall–Kier alpha value is -0.340. The minimum Gasteiger partial charge on any atom is -0.381 e. The third-order valence-electron chi connectivity index (χ3n) is 2.80. The van der Waals surface area contributed by atoms with Crippen molar-refractivity contribution in [3.63, 3.8) is 0 Å². The molecule has 1 atom stereocenters. The van der Waals surface area contributed by atoms with Crippen LogP contribution < -0.4 is 11.1 Å². The molecule has 1 aliphatic rings. The Kier molecular flexibility index (Phi) is 7.60. The Bertz CT molecular complexity index is 350. The molecule has 18 heavy (non-hydrogen) atoms. The van der Waals surface area contributed by atoms with Crippen LogP contribution in [0.15, 0.2) is 22.5 Å². The Morgan fingerprint density at radius 3 is 3.17 bits per heavy atom. The van der Waals surface area contributed by atoms with E-state index >= 15 is 0 Å². The number of ether oxygens (including phenoxy) is 1. The second-order valence-electron chi connectivity index (χ2n) is 4.21. The largest absolute Gasteiger partial charge is 0.381 e. The highest BCUT2D eigenvalue weighted by Gasteiger charge is 2.14. The molecule has 6 heteroatoms. The second-order valence-corrected chi connectivity index (χ2v) is 5.24. The van der Waals surface area contributed by atoms with Crippen LogP contribution in [-0.2, 0) is 11.2 Å². The number of nitrogens with zero attached hydrogens (tertiary/aromatic N) is 1. The van der Waals surface area contributed by atoms with Crippen LogP contribution in [0.1, 0.15) is 11.3 Å². The van der Waals surface area contributed by atoms with E-state index in [4.69, 9.17) is 10.5 Å². The Morgan fingerprint density at radius 1 is 1.61 bits per heavy atom. The van der Waals surface area contributed by atoms with Gasteiger partial charge in [0.1, 0.15) is 0 Å². The molecule has 0 spiro atoms. The quantitative estimate of drug-likeness (QED) is 0.465. The zero-order valence-electron chi connectivity index (χ0n) is 10.3. The minimum atomic E-state index is 0. The van der Waals surface area contributed by atoms with E-state index in [9.17, 15) is 0 Å². The highest BCUT2D eigenvalue weighted by Crippen LogP contribution is 2.12. The van der Waals surface area contributed by atoms with Gasteiger partial charge < -0.3 is 15.8 Å². The van der Waals surface area contributed by atoms with Gasteiger partial charge in [0.15, 0.2) is 5.96 Å². The third kappa shape index (κ3) is 5.53. The van der Waals surface area contributed by atoms with E-state index in [-0.39, 0.29) is 24.0 Å². The normalized spacial score (nSPS) is 19.6. The van der Waals surface area contributed by atoms with Crippen LogP contribution in [0.4, 0.5) is 0 Å².